The predicted molar refractivity (Wildman–Crippen MR) is 123 cm³/mol. The van der Waals surface area contributed by atoms with Crippen LogP contribution in [0, 0.1) is 0 Å². The molecule has 0 fully saturated rings. The van der Waals surface area contributed by atoms with Crippen LogP contribution in [0.25, 0.3) is 0 Å². The van der Waals surface area contributed by atoms with E-state index >= 15 is 0 Å². The highest BCUT2D eigenvalue weighted by Crippen LogP contribution is 2.26. The molecule has 0 aliphatic heterocycles. The minimum atomic E-state index is 0. The molecule has 2 aromatic heterocycles. The summed E-state index contributed by atoms with van der Waals surface area (Å²) in [5.74, 6) is 0.737. The van der Waals surface area contributed by atoms with Crippen molar-refractivity contribution in [2.24, 2.45) is 12.0 Å². The minimum Gasteiger partial charge on any atom is -0.357 e. The summed E-state index contributed by atoms with van der Waals surface area (Å²) in [6.07, 6.45) is 0. The molecule has 0 aromatic carbocycles. The Bertz CT molecular complexity index is 749. The largest absolute Gasteiger partial charge is 0.357 e. The molecule has 0 amide bonds. The van der Waals surface area contributed by atoms with E-state index in [1.807, 2.05) is 24.6 Å². The number of nitrogens with one attached hydrogen (secondary N) is 2. The van der Waals surface area contributed by atoms with Crippen LogP contribution >= 0.6 is 58.5 Å². The Hall–Kier alpha value is -0.510. The van der Waals surface area contributed by atoms with E-state index in [0.29, 0.717) is 23.3 Å². The van der Waals surface area contributed by atoms with Gasteiger partial charge in [0.15, 0.2) is 5.96 Å². The monoisotopic (exact) mass is 529 g/mol. The van der Waals surface area contributed by atoms with Crippen LogP contribution in [-0.4, -0.2) is 22.1 Å². The zero-order valence-electron chi connectivity index (χ0n) is 15.7. The molecular weight excluding hydrogens is 504 g/mol. The number of guanidine groups is 1. The second kappa shape index (κ2) is 10.1. The van der Waals surface area contributed by atoms with Crippen LogP contribution in [-0.2, 0) is 25.6 Å². The van der Waals surface area contributed by atoms with Crippen LogP contribution in [0.1, 0.15) is 44.1 Å². The van der Waals surface area contributed by atoms with Crippen LogP contribution in [0.3, 0.4) is 0 Å². The first-order valence-electron chi connectivity index (χ1n) is 8.19. The topological polar surface area (TPSA) is 54.2 Å². The molecule has 0 saturated carbocycles. The molecule has 2 rings (SSSR count). The Labute approximate surface area is 186 Å². The average molecular weight is 530 g/mol. The van der Waals surface area contributed by atoms with Crippen molar-refractivity contribution in [3.63, 3.8) is 0 Å². The minimum absolute atomic E-state index is 0. The van der Waals surface area contributed by atoms with Gasteiger partial charge < -0.3 is 15.2 Å². The molecule has 9 heteroatoms. The highest BCUT2D eigenvalue weighted by Gasteiger charge is 2.17. The first kappa shape index (κ1) is 23.5. The number of aliphatic imine (C=N–C) groups is 1. The summed E-state index contributed by atoms with van der Waals surface area (Å²) in [5.41, 5.74) is 2.04. The number of thiazole rings is 1. The molecule has 0 saturated heterocycles. The lowest BCUT2D eigenvalue weighted by Crippen LogP contribution is -2.37. The number of hydrogen-bond acceptors (Lipinski definition) is 3. The van der Waals surface area contributed by atoms with Crippen LogP contribution in [0.4, 0.5) is 0 Å². The van der Waals surface area contributed by atoms with Crippen molar-refractivity contribution in [2.75, 3.05) is 6.54 Å². The Kier molecular flexibility index (Phi) is 9.18. The number of aromatic nitrogens is 2. The summed E-state index contributed by atoms with van der Waals surface area (Å²) >= 11 is 13.8. The first-order chi connectivity index (χ1) is 11.7. The molecule has 0 aliphatic rings. The van der Waals surface area contributed by atoms with Gasteiger partial charge in [-0.25, -0.2) is 9.98 Å². The maximum atomic E-state index is 6.11. The highest BCUT2D eigenvalue weighted by molar-refractivity contribution is 14.0. The van der Waals surface area contributed by atoms with Gasteiger partial charge in [-0.1, -0.05) is 44.0 Å². The maximum absolute atomic E-state index is 6.11. The van der Waals surface area contributed by atoms with Crippen molar-refractivity contribution < 1.29 is 0 Å². The lowest BCUT2D eigenvalue weighted by molar-refractivity contribution is 0.583. The fourth-order valence-corrected chi connectivity index (χ4v) is 3.47. The standard InChI is InChI=1S/C17H25Cl2N5S.HI/c1-6-20-16(22-9-12-7-13(18)14(19)24(12)5)21-8-11-10-25-15(23-11)17(2,3)4;/h7,10H,6,8-9H2,1-5H3,(H2,20,21,22);1H. The van der Waals surface area contributed by atoms with E-state index in [9.17, 15) is 0 Å². The SMILES string of the molecule is CCNC(=NCc1csc(C(C)(C)C)n1)NCc1cc(Cl)c(Cl)n1C.I. The summed E-state index contributed by atoms with van der Waals surface area (Å²) in [4.78, 5) is 9.29. The molecule has 146 valence electrons. The van der Waals surface area contributed by atoms with Crippen molar-refractivity contribution in [1.82, 2.24) is 20.2 Å². The van der Waals surface area contributed by atoms with Crippen molar-refractivity contribution in [1.29, 1.82) is 0 Å². The lowest BCUT2D eigenvalue weighted by Gasteiger charge is -2.13. The van der Waals surface area contributed by atoms with E-state index in [1.165, 1.54) is 0 Å². The van der Waals surface area contributed by atoms with Gasteiger partial charge in [-0.2, -0.15) is 0 Å². The Morgan fingerprint density at radius 2 is 2.00 bits per heavy atom. The Morgan fingerprint density at radius 1 is 1.31 bits per heavy atom. The molecule has 0 bridgehead atoms. The van der Waals surface area contributed by atoms with Crippen LogP contribution in [0.15, 0.2) is 16.4 Å². The van der Waals surface area contributed by atoms with Gasteiger partial charge in [-0.15, -0.1) is 35.3 Å². The van der Waals surface area contributed by atoms with Crippen molar-refractivity contribution >= 4 is 64.5 Å². The van der Waals surface area contributed by atoms with Gasteiger partial charge in [0.2, 0.25) is 0 Å². The molecule has 2 aromatic rings. The Balaban J connectivity index is 0.00000338. The molecule has 2 N–H and O–H groups in total. The first-order valence-corrected chi connectivity index (χ1v) is 9.82. The lowest BCUT2D eigenvalue weighted by atomic mass is 9.98. The summed E-state index contributed by atoms with van der Waals surface area (Å²) in [6, 6.07) is 1.86. The Morgan fingerprint density at radius 3 is 2.50 bits per heavy atom. The average Bonchev–Trinajstić information content (AvgIpc) is 3.11. The van der Waals surface area contributed by atoms with Gasteiger partial charge >= 0.3 is 0 Å². The van der Waals surface area contributed by atoms with Gasteiger partial charge in [0.25, 0.3) is 0 Å². The third kappa shape index (κ3) is 6.28. The van der Waals surface area contributed by atoms with Crippen LogP contribution in [0.2, 0.25) is 10.2 Å². The number of hydrogen-bond donors (Lipinski definition) is 2. The second-order valence-electron chi connectivity index (χ2n) is 6.78. The molecule has 0 aliphatic carbocycles. The van der Waals surface area contributed by atoms with Gasteiger partial charge in [-0.05, 0) is 13.0 Å². The summed E-state index contributed by atoms with van der Waals surface area (Å²) < 4.78 is 1.86. The third-order valence-electron chi connectivity index (χ3n) is 3.59. The fraction of sp³-hybridized carbons (Fsp3) is 0.529. The zero-order valence-corrected chi connectivity index (χ0v) is 20.3. The molecule has 0 spiro atoms. The van der Waals surface area contributed by atoms with E-state index in [2.05, 4.69) is 46.8 Å². The normalized spacial score (nSPS) is 12.0. The van der Waals surface area contributed by atoms with E-state index < -0.39 is 0 Å². The summed E-state index contributed by atoms with van der Waals surface area (Å²) in [5, 5.41) is 10.8. The summed E-state index contributed by atoms with van der Waals surface area (Å²) in [7, 11) is 1.89. The smallest absolute Gasteiger partial charge is 0.191 e. The number of halogens is 3. The maximum Gasteiger partial charge on any atom is 0.191 e. The van der Waals surface area contributed by atoms with E-state index in [1.54, 1.807) is 11.3 Å². The molecule has 0 radical (unpaired) electrons. The molecule has 0 unspecified atom stereocenters. The molecule has 0 atom stereocenters. The highest BCUT2D eigenvalue weighted by atomic mass is 127. The molecule has 26 heavy (non-hydrogen) atoms. The number of rotatable bonds is 5. The van der Waals surface area contributed by atoms with Crippen molar-refractivity contribution in [2.45, 2.75) is 46.2 Å². The number of nitrogens with zero attached hydrogens (tertiary/aromatic N) is 3. The predicted octanol–water partition coefficient (Wildman–Crippen LogP) is 4.96. The quantitative estimate of drug-likeness (QED) is 0.327. The van der Waals surface area contributed by atoms with Crippen LogP contribution < -0.4 is 10.6 Å². The van der Waals surface area contributed by atoms with Crippen LogP contribution in [0.5, 0.6) is 0 Å². The fourth-order valence-electron chi connectivity index (χ4n) is 2.16. The molecule has 5 nitrogen and oxygen atoms in total. The molecular formula is C17H26Cl2IN5S. The van der Waals surface area contributed by atoms with Crippen molar-refractivity contribution in [3.8, 4) is 0 Å². The van der Waals surface area contributed by atoms with E-state index in [-0.39, 0.29) is 29.4 Å². The van der Waals surface area contributed by atoms with E-state index in [0.717, 1.165) is 28.9 Å². The van der Waals surface area contributed by atoms with Crippen molar-refractivity contribution in [3.05, 3.63) is 38.0 Å². The van der Waals surface area contributed by atoms with Gasteiger partial charge in [0.1, 0.15) is 5.15 Å². The van der Waals surface area contributed by atoms with Gasteiger partial charge in [0, 0.05) is 30.1 Å². The third-order valence-corrected chi connectivity index (χ3v) is 5.75. The van der Waals surface area contributed by atoms with Gasteiger partial charge in [0.05, 0.1) is 28.8 Å². The summed E-state index contributed by atoms with van der Waals surface area (Å²) in [6.45, 7) is 10.4. The zero-order chi connectivity index (χ0) is 18.6. The van der Waals surface area contributed by atoms with Gasteiger partial charge in [-0.3, -0.25) is 0 Å². The second-order valence-corrected chi connectivity index (χ2v) is 8.40. The van der Waals surface area contributed by atoms with E-state index in [4.69, 9.17) is 23.2 Å². The molecule has 2 heterocycles.